The summed E-state index contributed by atoms with van der Waals surface area (Å²) in [6.45, 7) is 5.12. The third-order valence-electron chi connectivity index (χ3n) is 5.53. The molecule has 0 atom stereocenters. The van der Waals surface area contributed by atoms with Gasteiger partial charge in [-0.25, -0.2) is 9.97 Å². The van der Waals surface area contributed by atoms with Gasteiger partial charge in [-0.15, -0.1) is 0 Å². The van der Waals surface area contributed by atoms with Gasteiger partial charge in [-0.3, -0.25) is 4.98 Å². The van der Waals surface area contributed by atoms with E-state index < -0.39 is 0 Å². The van der Waals surface area contributed by atoms with Crippen molar-refractivity contribution >= 4 is 46.1 Å². The van der Waals surface area contributed by atoms with Crippen LogP contribution in [0.3, 0.4) is 0 Å². The van der Waals surface area contributed by atoms with Crippen molar-refractivity contribution in [3.8, 4) is 11.3 Å². The number of pyridine rings is 1. The van der Waals surface area contributed by atoms with Crippen LogP contribution in [0.1, 0.15) is 28.9 Å². The van der Waals surface area contributed by atoms with Crippen molar-refractivity contribution in [3.05, 3.63) is 58.0 Å². The maximum Gasteiger partial charge on any atom is 0.227 e. The first-order valence-corrected chi connectivity index (χ1v) is 11.4. The summed E-state index contributed by atoms with van der Waals surface area (Å²) in [4.78, 5) is 17.1. The molecule has 2 aromatic heterocycles. The molecule has 8 heteroatoms. The molecular weight excluding hydrogens is 440 g/mol. The molecule has 0 unspecified atom stereocenters. The predicted molar refractivity (Wildman–Crippen MR) is 136 cm³/mol. The number of nitrogens with one attached hydrogen (secondary N) is 2. The van der Waals surface area contributed by atoms with Crippen LogP contribution in [0.25, 0.3) is 11.3 Å². The van der Waals surface area contributed by atoms with E-state index in [0.717, 1.165) is 64.0 Å². The SMILES string of the molecule is Cc1nc(C)c(Nc2ncc3c(n2)-c2ccc(Cl)cc2NC(=S)C3)cc1CCCN(C)C. The number of fused-ring (bicyclic) bond motifs is 3. The highest BCUT2D eigenvalue weighted by molar-refractivity contribution is 7.80. The molecule has 3 heterocycles. The average Bonchev–Trinajstić information content (AvgIpc) is 2.85. The lowest BCUT2D eigenvalue weighted by atomic mass is 10.1. The van der Waals surface area contributed by atoms with Crippen molar-refractivity contribution in [3.63, 3.8) is 0 Å². The van der Waals surface area contributed by atoms with E-state index in [4.69, 9.17) is 33.8 Å². The second kappa shape index (κ2) is 9.48. The fraction of sp³-hybridized carbons (Fsp3) is 0.333. The van der Waals surface area contributed by atoms with Gasteiger partial charge in [0, 0.05) is 40.1 Å². The summed E-state index contributed by atoms with van der Waals surface area (Å²) < 4.78 is 0. The summed E-state index contributed by atoms with van der Waals surface area (Å²) in [5.41, 5.74) is 7.81. The van der Waals surface area contributed by atoms with Gasteiger partial charge in [-0.1, -0.05) is 23.8 Å². The maximum absolute atomic E-state index is 6.20. The molecule has 0 radical (unpaired) electrons. The monoisotopic (exact) mass is 466 g/mol. The summed E-state index contributed by atoms with van der Waals surface area (Å²) >= 11 is 11.7. The highest BCUT2D eigenvalue weighted by atomic mass is 35.5. The Morgan fingerprint density at radius 1 is 1.16 bits per heavy atom. The molecule has 0 saturated carbocycles. The minimum atomic E-state index is 0.533. The first-order chi connectivity index (χ1) is 15.3. The van der Waals surface area contributed by atoms with E-state index in [-0.39, 0.29) is 0 Å². The zero-order valence-electron chi connectivity index (χ0n) is 18.8. The number of aromatic nitrogens is 3. The van der Waals surface area contributed by atoms with Crippen LogP contribution in [0, 0.1) is 13.8 Å². The minimum Gasteiger partial charge on any atom is -0.349 e. The van der Waals surface area contributed by atoms with E-state index in [1.165, 1.54) is 5.56 Å². The van der Waals surface area contributed by atoms with E-state index >= 15 is 0 Å². The van der Waals surface area contributed by atoms with Crippen LogP contribution < -0.4 is 10.6 Å². The topological polar surface area (TPSA) is 66.0 Å². The molecule has 0 aliphatic carbocycles. The molecule has 32 heavy (non-hydrogen) atoms. The molecule has 6 nitrogen and oxygen atoms in total. The number of aryl methyl sites for hydroxylation is 3. The van der Waals surface area contributed by atoms with Gasteiger partial charge in [0.05, 0.1) is 22.1 Å². The van der Waals surface area contributed by atoms with Gasteiger partial charge < -0.3 is 15.5 Å². The van der Waals surface area contributed by atoms with Gasteiger partial charge in [0.1, 0.15) is 0 Å². The van der Waals surface area contributed by atoms with Gasteiger partial charge in [-0.2, -0.15) is 0 Å². The Bertz CT molecular complexity index is 1180. The fourth-order valence-corrected chi connectivity index (χ4v) is 4.31. The van der Waals surface area contributed by atoms with Gasteiger partial charge in [0.2, 0.25) is 5.95 Å². The number of halogens is 1. The lowest BCUT2D eigenvalue weighted by Crippen LogP contribution is -2.14. The molecule has 0 spiro atoms. The average molecular weight is 467 g/mol. The summed E-state index contributed by atoms with van der Waals surface area (Å²) in [5.74, 6) is 0.533. The quantitative estimate of drug-likeness (QED) is 0.475. The van der Waals surface area contributed by atoms with E-state index in [9.17, 15) is 0 Å². The third-order valence-corrected chi connectivity index (χ3v) is 6.01. The highest BCUT2D eigenvalue weighted by Crippen LogP contribution is 2.35. The smallest absolute Gasteiger partial charge is 0.227 e. The number of rotatable bonds is 6. The Kier molecular flexibility index (Phi) is 6.69. The van der Waals surface area contributed by atoms with Crippen LogP contribution >= 0.6 is 23.8 Å². The van der Waals surface area contributed by atoms with Crippen LogP contribution in [0.4, 0.5) is 17.3 Å². The Balaban J connectivity index is 1.66. The Morgan fingerprint density at radius 3 is 2.75 bits per heavy atom. The lowest BCUT2D eigenvalue weighted by molar-refractivity contribution is 0.400. The first kappa shape index (κ1) is 22.6. The standard InChI is InChI=1S/C24H27ClN6S/c1-14-16(6-5-9-31(3)4)10-20(15(2)27-14)29-24-26-13-17-11-22(32)28-21-12-18(25)7-8-19(21)23(17)30-24/h7-8,10,12-13H,5-6,9,11H2,1-4H3,(H,28,32)(H,26,29,30). The van der Waals surface area contributed by atoms with Crippen LogP contribution in [0.5, 0.6) is 0 Å². The number of anilines is 3. The van der Waals surface area contributed by atoms with Crippen LogP contribution in [-0.4, -0.2) is 45.5 Å². The van der Waals surface area contributed by atoms with E-state index in [0.29, 0.717) is 17.4 Å². The molecular formula is C24H27ClN6S. The summed E-state index contributed by atoms with van der Waals surface area (Å²) in [6, 6.07) is 7.88. The molecule has 0 fully saturated rings. The van der Waals surface area contributed by atoms with Gasteiger partial charge in [0.25, 0.3) is 0 Å². The van der Waals surface area contributed by atoms with Crippen LogP contribution in [0.15, 0.2) is 30.5 Å². The Hall–Kier alpha value is -2.61. The summed E-state index contributed by atoms with van der Waals surface area (Å²) in [5, 5.41) is 7.31. The van der Waals surface area contributed by atoms with Gasteiger partial charge in [-0.05, 0) is 77.2 Å². The van der Waals surface area contributed by atoms with Gasteiger partial charge in [0.15, 0.2) is 0 Å². The molecule has 1 aromatic carbocycles. The van der Waals surface area contributed by atoms with Crippen molar-refractivity contribution in [1.29, 1.82) is 0 Å². The molecule has 0 amide bonds. The lowest BCUT2D eigenvalue weighted by Gasteiger charge is -2.15. The second-order valence-corrected chi connectivity index (χ2v) is 9.31. The summed E-state index contributed by atoms with van der Waals surface area (Å²) in [7, 11) is 4.19. The molecule has 0 saturated heterocycles. The fourth-order valence-electron chi connectivity index (χ4n) is 3.88. The number of hydrogen-bond donors (Lipinski definition) is 2. The third kappa shape index (κ3) is 5.06. The van der Waals surface area contributed by atoms with Crippen LogP contribution in [0.2, 0.25) is 5.02 Å². The number of thiocarbonyl (C=S) groups is 1. The minimum absolute atomic E-state index is 0.533. The zero-order chi connectivity index (χ0) is 22.8. The van der Waals surface area contributed by atoms with E-state index in [1.807, 2.05) is 31.3 Å². The molecule has 2 N–H and O–H groups in total. The predicted octanol–water partition coefficient (Wildman–Crippen LogP) is 5.34. The first-order valence-electron chi connectivity index (χ1n) is 10.6. The van der Waals surface area contributed by atoms with Crippen molar-refractivity contribution in [2.45, 2.75) is 33.1 Å². The molecule has 3 aromatic rings. The van der Waals surface area contributed by atoms with Gasteiger partial charge >= 0.3 is 0 Å². The maximum atomic E-state index is 6.20. The van der Waals surface area contributed by atoms with Crippen molar-refractivity contribution in [2.75, 3.05) is 31.3 Å². The molecule has 166 valence electrons. The largest absolute Gasteiger partial charge is 0.349 e. The molecule has 1 aliphatic rings. The van der Waals surface area contributed by atoms with Crippen LogP contribution in [-0.2, 0) is 12.8 Å². The number of nitrogens with zero attached hydrogens (tertiary/aromatic N) is 4. The zero-order valence-corrected chi connectivity index (χ0v) is 20.4. The van der Waals surface area contributed by atoms with Crippen molar-refractivity contribution < 1.29 is 0 Å². The number of hydrogen-bond acceptors (Lipinski definition) is 6. The Labute approximate surface area is 199 Å². The highest BCUT2D eigenvalue weighted by Gasteiger charge is 2.20. The second-order valence-electron chi connectivity index (χ2n) is 8.38. The Morgan fingerprint density at radius 2 is 1.97 bits per heavy atom. The summed E-state index contributed by atoms with van der Waals surface area (Å²) in [6.07, 6.45) is 4.49. The molecule has 4 rings (SSSR count). The van der Waals surface area contributed by atoms with Crippen molar-refractivity contribution in [2.24, 2.45) is 0 Å². The van der Waals surface area contributed by atoms with E-state index in [1.54, 1.807) is 0 Å². The molecule has 1 aliphatic heterocycles. The van der Waals surface area contributed by atoms with E-state index in [2.05, 4.69) is 47.6 Å². The normalized spacial score (nSPS) is 12.8. The van der Waals surface area contributed by atoms with Crippen molar-refractivity contribution in [1.82, 2.24) is 19.9 Å². The molecule has 0 bridgehead atoms. The number of benzene rings is 1.